The Balaban J connectivity index is 2.27. The number of benzene rings is 1. The minimum Gasteiger partial charge on any atom is -0.480 e. The lowest BCUT2D eigenvalue weighted by atomic mass is 10.1. The van der Waals surface area contributed by atoms with E-state index in [1.165, 1.54) is 0 Å². The minimum absolute atomic E-state index is 0.287. The van der Waals surface area contributed by atoms with Gasteiger partial charge < -0.3 is 15.6 Å². The lowest BCUT2D eigenvalue weighted by molar-refractivity contribution is -0.138. The number of ether oxygens (including phenoxy) is 1. The normalized spacial score (nSPS) is 18.3. The number of carboxylic acids is 1. The SMILES string of the molecule is CC1(C)Oc2c(CC(N)C(=O)O)cccc2S1. The maximum Gasteiger partial charge on any atom is 0.320 e. The van der Waals surface area contributed by atoms with E-state index in [1.54, 1.807) is 11.8 Å². The van der Waals surface area contributed by atoms with E-state index in [9.17, 15) is 4.79 Å². The van der Waals surface area contributed by atoms with Crippen LogP contribution in [0.15, 0.2) is 23.1 Å². The Morgan fingerprint density at radius 2 is 2.29 bits per heavy atom. The van der Waals surface area contributed by atoms with Crippen molar-refractivity contribution in [2.75, 3.05) is 0 Å². The molecule has 92 valence electrons. The molecule has 1 aromatic rings. The predicted octanol–water partition coefficient (Wildman–Crippen LogP) is 1.86. The number of rotatable bonds is 3. The van der Waals surface area contributed by atoms with Gasteiger partial charge in [-0.2, -0.15) is 0 Å². The highest BCUT2D eigenvalue weighted by molar-refractivity contribution is 8.00. The van der Waals surface area contributed by atoms with Gasteiger partial charge in [0.1, 0.15) is 11.8 Å². The summed E-state index contributed by atoms with van der Waals surface area (Å²) >= 11 is 1.63. The smallest absolute Gasteiger partial charge is 0.320 e. The zero-order chi connectivity index (χ0) is 12.6. The van der Waals surface area contributed by atoms with Gasteiger partial charge >= 0.3 is 5.97 Å². The molecule has 1 atom stereocenters. The lowest BCUT2D eigenvalue weighted by Crippen LogP contribution is -2.32. The van der Waals surface area contributed by atoms with Gasteiger partial charge in [0.2, 0.25) is 0 Å². The monoisotopic (exact) mass is 253 g/mol. The van der Waals surface area contributed by atoms with Crippen molar-refractivity contribution in [2.45, 2.75) is 36.1 Å². The van der Waals surface area contributed by atoms with Crippen LogP contribution in [0, 0.1) is 0 Å². The number of para-hydroxylation sites is 1. The van der Waals surface area contributed by atoms with Crippen LogP contribution < -0.4 is 10.5 Å². The molecule has 0 amide bonds. The average molecular weight is 253 g/mol. The quantitative estimate of drug-likeness (QED) is 0.860. The van der Waals surface area contributed by atoms with Gasteiger partial charge in [-0.05, 0) is 25.5 Å². The molecule has 3 N–H and O–H groups in total. The Hall–Kier alpha value is -1.20. The van der Waals surface area contributed by atoms with Gasteiger partial charge in [-0.25, -0.2) is 0 Å². The van der Waals surface area contributed by atoms with Gasteiger partial charge in [0.25, 0.3) is 0 Å². The molecular weight excluding hydrogens is 238 g/mol. The van der Waals surface area contributed by atoms with Crippen molar-refractivity contribution < 1.29 is 14.6 Å². The molecular formula is C12H15NO3S. The van der Waals surface area contributed by atoms with Crippen LogP contribution in [0.1, 0.15) is 19.4 Å². The highest BCUT2D eigenvalue weighted by Crippen LogP contribution is 2.48. The molecule has 0 radical (unpaired) electrons. The van der Waals surface area contributed by atoms with E-state index in [-0.39, 0.29) is 11.4 Å². The number of nitrogens with two attached hydrogens (primary N) is 1. The number of thioether (sulfide) groups is 1. The molecule has 1 aliphatic heterocycles. The molecule has 1 heterocycles. The maximum atomic E-state index is 10.8. The van der Waals surface area contributed by atoms with E-state index in [1.807, 2.05) is 32.0 Å². The Morgan fingerprint density at radius 3 is 2.94 bits per heavy atom. The summed E-state index contributed by atoms with van der Waals surface area (Å²) in [4.78, 5) is 11.5. The molecule has 2 rings (SSSR count). The van der Waals surface area contributed by atoms with Crippen LogP contribution in [-0.2, 0) is 11.2 Å². The van der Waals surface area contributed by atoms with Gasteiger partial charge in [-0.15, -0.1) is 0 Å². The predicted molar refractivity (Wildman–Crippen MR) is 66.3 cm³/mol. The number of hydrogen-bond acceptors (Lipinski definition) is 4. The van der Waals surface area contributed by atoms with Crippen LogP contribution in [0.25, 0.3) is 0 Å². The Morgan fingerprint density at radius 1 is 1.59 bits per heavy atom. The number of fused-ring (bicyclic) bond motifs is 1. The van der Waals surface area contributed by atoms with Crippen molar-refractivity contribution in [1.82, 2.24) is 0 Å². The fourth-order valence-electron chi connectivity index (χ4n) is 1.77. The van der Waals surface area contributed by atoms with Gasteiger partial charge in [-0.3, -0.25) is 4.79 Å². The van der Waals surface area contributed by atoms with Crippen molar-refractivity contribution in [1.29, 1.82) is 0 Å². The van der Waals surface area contributed by atoms with Crippen LogP contribution >= 0.6 is 11.8 Å². The maximum absolute atomic E-state index is 10.8. The van der Waals surface area contributed by atoms with E-state index in [0.29, 0.717) is 0 Å². The topological polar surface area (TPSA) is 72.5 Å². The second-order valence-electron chi connectivity index (χ2n) is 4.50. The molecule has 1 aromatic carbocycles. The summed E-state index contributed by atoms with van der Waals surface area (Å²) in [5, 5.41) is 8.82. The molecule has 0 saturated carbocycles. The fraction of sp³-hybridized carbons (Fsp3) is 0.417. The summed E-state index contributed by atoms with van der Waals surface area (Å²) in [6, 6.07) is 4.85. The van der Waals surface area contributed by atoms with E-state index >= 15 is 0 Å². The summed E-state index contributed by atoms with van der Waals surface area (Å²) in [6.07, 6.45) is 0.287. The average Bonchev–Trinajstić information content (AvgIpc) is 2.53. The van der Waals surface area contributed by atoms with Crippen LogP contribution in [0.5, 0.6) is 5.75 Å². The molecule has 0 aromatic heterocycles. The van der Waals surface area contributed by atoms with Gasteiger partial charge in [0.15, 0.2) is 4.93 Å². The summed E-state index contributed by atoms with van der Waals surface area (Å²) in [6.45, 7) is 3.97. The largest absolute Gasteiger partial charge is 0.480 e. The molecule has 4 nitrogen and oxygen atoms in total. The van der Waals surface area contributed by atoms with Crippen molar-refractivity contribution in [2.24, 2.45) is 5.73 Å². The summed E-state index contributed by atoms with van der Waals surface area (Å²) in [5.74, 6) is -0.216. The van der Waals surface area contributed by atoms with E-state index < -0.39 is 12.0 Å². The van der Waals surface area contributed by atoms with Crippen molar-refractivity contribution in [3.8, 4) is 5.75 Å². The molecule has 0 spiro atoms. The summed E-state index contributed by atoms with van der Waals surface area (Å²) in [5.41, 5.74) is 6.41. The second-order valence-corrected chi connectivity index (χ2v) is 6.12. The molecule has 5 heteroatoms. The van der Waals surface area contributed by atoms with Gasteiger partial charge in [0.05, 0.1) is 4.90 Å². The molecule has 0 aliphatic carbocycles. The summed E-state index contributed by atoms with van der Waals surface area (Å²) in [7, 11) is 0. The first kappa shape index (κ1) is 12.3. The first-order chi connectivity index (χ1) is 7.89. The van der Waals surface area contributed by atoms with Crippen molar-refractivity contribution in [3.63, 3.8) is 0 Å². The Kier molecular flexibility index (Phi) is 3.05. The van der Waals surface area contributed by atoms with E-state index in [4.69, 9.17) is 15.6 Å². The Labute approximate surface area is 104 Å². The molecule has 1 unspecified atom stereocenters. The third-order valence-electron chi connectivity index (χ3n) is 2.52. The standard InChI is InChI=1S/C12H15NO3S/c1-12(2)16-10-7(6-8(13)11(14)15)4-3-5-9(10)17-12/h3-5,8H,6,13H2,1-2H3,(H,14,15). The Bertz CT molecular complexity index is 459. The summed E-state index contributed by atoms with van der Waals surface area (Å²) < 4.78 is 5.82. The number of aliphatic carboxylic acids is 1. The van der Waals surface area contributed by atoms with Crippen LogP contribution in [0.2, 0.25) is 0 Å². The molecule has 17 heavy (non-hydrogen) atoms. The third-order valence-corrected chi connectivity index (χ3v) is 3.64. The van der Waals surface area contributed by atoms with Crippen molar-refractivity contribution >= 4 is 17.7 Å². The molecule has 1 aliphatic rings. The van der Waals surface area contributed by atoms with Gasteiger partial charge in [0, 0.05) is 6.42 Å². The van der Waals surface area contributed by atoms with Gasteiger partial charge in [-0.1, -0.05) is 23.9 Å². The highest BCUT2D eigenvalue weighted by Gasteiger charge is 2.33. The highest BCUT2D eigenvalue weighted by atomic mass is 32.2. The van der Waals surface area contributed by atoms with Crippen LogP contribution in [0.3, 0.4) is 0 Å². The van der Waals surface area contributed by atoms with Crippen LogP contribution in [-0.4, -0.2) is 22.1 Å². The number of carboxylic acid groups (broad SMARTS) is 1. The fourth-order valence-corrected chi connectivity index (χ4v) is 2.84. The van der Waals surface area contributed by atoms with Crippen LogP contribution in [0.4, 0.5) is 0 Å². The number of carbonyl (C=O) groups is 1. The molecule has 0 bridgehead atoms. The first-order valence-corrected chi connectivity index (χ1v) is 6.19. The lowest BCUT2D eigenvalue weighted by Gasteiger charge is -2.17. The third kappa shape index (κ3) is 2.56. The van der Waals surface area contributed by atoms with E-state index in [0.717, 1.165) is 16.2 Å². The number of hydrogen-bond donors (Lipinski definition) is 2. The minimum atomic E-state index is -0.993. The van der Waals surface area contributed by atoms with E-state index in [2.05, 4.69) is 0 Å². The zero-order valence-corrected chi connectivity index (χ0v) is 10.6. The molecule has 0 saturated heterocycles. The first-order valence-electron chi connectivity index (χ1n) is 5.37. The van der Waals surface area contributed by atoms with Crippen molar-refractivity contribution in [3.05, 3.63) is 23.8 Å². The second kappa shape index (κ2) is 4.23. The molecule has 0 fully saturated rings. The zero-order valence-electron chi connectivity index (χ0n) is 9.77.